The molecule has 11 heteroatoms. The van der Waals surface area contributed by atoms with Gasteiger partial charge in [0, 0.05) is 12.5 Å². The number of rotatable bonds is 9. The fourth-order valence-electron chi connectivity index (χ4n) is 6.33. The Balaban J connectivity index is 1.89. The number of carbonyl (C=O) groups excluding carboxylic acids is 4. The summed E-state index contributed by atoms with van der Waals surface area (Å²) in [4.78, 5) is 55.0. The Morgan fingerprint density at radius 3 is 2.12 bits per heavy atom. The van der Waals surface area contributed by atoms with Gasteiger partial charge in [-0.05, 0) is 63.7 Å². The lowest BCUT2D eigenvalue weighted by molar-refractivity contribution is -0.154. The average molecular weight is 582 g/mol. The number of amides is 3. The van der Waals surface area contributed by atoms with E-state index in [4.69, 9.17) is 14.2 Å². The Hall–Kier alpha value is -2.40. The molecule has 0 aromatic carbocycles. The Morgan fingerprint density at radius 2 is 1.61 bits per heavy atom. The summed E-state index contributed by atoms with van der Waals surface area (Å²) in [6.45, 7) is 12.8. The van der Waals surface area contributed by atoms with Gasteiger partial charge in [-0.15, -0.1) is 0 Å². The molecule has 3 unspecified atom stereocenters. The molecule has 2 heterocycles. The van der Waals surface area contributed by atoms with E-state index in [1.807, 2.05) is 20.8 Å². The number of esters is 1. The second-order valence-electron chi connectivity index (χ2n) is 14.0. The molecule has 41 heavy (non-hydrogen) atoms. The summed E-state index contributed by atoms with van der Waals surface area (Å²) in [7, 11) is 1.19. The van der Waals surface area contributed by atoms with Crippen molar-refractivity contribution in [1.82, 2.24) is 15.5 Å². The lowest BCUT2D eigenvalue weighted by atomic mass is 9.75. The van der Waals surface area contributed by atoms with Crippen molar-refractivity contribution in [3.63, 3.8) is 0 Å². The number of hydrogen-bond acceptors (Lipinski definition) is 8. The summed E-state index contributed by atoms with van der Waals surface area (Å²) >= 11 is 0. The maximum atomic E-state index is 14.3. The third-order valence-corrected chi connectivity index (χ3v) is 8.57. The predicted octanol–water partition coefficient (Wildman–Crippen LogP) is 2.78. The molecule has 11 nitrogen and oxygen atoms in total. The molecule has 2 saturated heterocycles. The number of hydrogen-bond donors (Lipinski definition) is 3. The summed E-state index contributed by atoms with van der Waals surface area (Å²) in [6.07, 6.45) is 3.37. The molecule has 3 fully saturated rings. The average Bonchev–Trinajstić information content (AvgIpc) is 3.33. The van der Waals surface area contributed by atoms with Crippen LogP contribution in [0.3, 0.4) is 0 Å². The van der Waals surface area contributed by atoms with E-state index >= 15 is 0 Å². The third-order valence-electron chi connectivity index (χ3n) is 8.57. The number of alkyl carbamates (subject to hydrolysis) is 1. The Labute approximate surface area is 244 Å². The van der Waals surface area contributed by atoms with E-state index in [9.17, 15) is 24.3 Å². The molecule has 3 aliphatic rings. The molecule has 0 aromatic heterocycles. The highest BCUT2D eigenvalue weighted by Gasteiger charge is 2.50. The van der Waals surface area contributed by atoms with E-state index in [1.54, 1.807) is 25.7 Å². The second kappa shape index (κ2) is 13.7. The highest BCUT2D eigenvalue weighted by Crippen LogP contribution is 2.40. The van der Waals surface area contributed by atoms with Crippen LogP contribution in [0.5, 0.6) is 0 Å². The number of carbonyl (C=O) groups is 4. The first-order valence-electron chi connectivity index (χ1n) is 15.1. The zero-order valence-electron chi connectivity index (χ0n) is 25.9. The van der Waals surface area contributed by atoms with Gasteiger partial charge in [0.05, 0.1) is 26.4 Å². The van der Waals surface area contributed by atoms with Crippen LogP contribution < -0.4 is 10.6 Å². The topological polar surface area (TPSA) is 144 Å². The van der Waals surface area contributed by atoms with Crippen LogP contribution in [0, 0.1) is 23.2 Å². The lowest BCUT2D eigenvalue weighted by Crippen LogP contribution is -2.60. The molecule has 5 atom stereocenters. The Kier molecular flexibility index (Phi) is 11.1. The first-order valence-corrected chi connectivity index (χ1v) is 15.1. The molecule has 234 valence electrons. The number of aliphatic hydroxyl groups is 1. The number of ether oxygens (including phenoxy) is 3. The minimum absolute atomic E-state index is 0.0614. The van der Waals surface area contributed by atoms with Crippen molar-refractivity contribution >= 4 is 23.9 Å². The van der Waals surface area contributed by atoms with Gasteiger partial charge in [-0.25, -0.2) is 9.59 Å². The van der Waals surface area contributed by atoms with Crippen LogP contribution in [0.15, 0.2) is 0 Å². The van der Waals surface area contributed by atoms with E-state index in [-0.39, 0.29) is 29.1 Å². The van der Waals surface area contributed by atoms with Gasteiger partial charge in [-0.3, -0.25) is 9.59 Å². The minimum atomic E-state index is -1.55. The normalized spacial score (nSPS) is 24.5. The van der Waals surface area contributed by atoms with Crippen LogP contribution in [-0.2, 0) is 28.6 Å². The first-order chi connectivity index (χ1) is 19.1. The van der Waals surface area contributed by atoms with Gasteiger partial charge in [-0.2, -0.15) is 0 Å². The van der Waals surface area contributed by atoms with E-state index in [0.29, 0.717) is 32.6 Å². The number of likely N-dealkylation sites (tertiary alicyclic amines) is 1. The van der Waals surface area contributed by atoms with Gasteiger partial charge in [0.1, 0.15) is 17.7 Å². The SMILES string of the molecule is COC(=O)C(O)C(CC1COC1)NC(=O)[C@@H]1C(C(C)(C)C)CCN1C(=O)[C@@H](NC(=O)OC(C)(C)C)C1CCCCC1. The van der Waals surface area contributed by atoms with Crippen LogP contribution in [0.2, 0.25) is 0 Å². The monoisotopic (exact) mass is 581 g/mol. The van der Waals surface area contributed by atoms with Gasteiger partial charge in [0.15, 0.2) is 6.10 Å². The van der Waals surface area contributed by atoms with Crippen LogP contribution in [0.4, 0.5) is 4.79 Å². The largest absolute Gasteiger partial charge is 0.467 e. The van der Waals surface area contributed by atoms with E-state index in [2.05, 4.69) is 10.6 Å². The standard InChI is InChI=1S/C30H51N3O8/c1-29(2,3)20-13-14-33(23(20)25(35)31-21(15-18-16-40-17-18)24(34)27(37)39-7)26(36)22(19-11-9-8-10-12-19)32-28(38)41-30(4,5)6/h18-24,34H,8-17H2,1-7H3,(H,31,35)(H,32,38)/t20?,21?,22-,23-,24?/m0/s1. The van der Waals surface area contributed by atoms with Crippen molar-refractivity contribution in [2.75, 3.05) is 26.9 Å². The molecule has 3 N–H and O–H groups in total. The lowest BCUT2D eigenvalue weighted by Gasteiger charge is -2.39. The molecular formula is C30H51N3O8. The second-order valence-corrected chi connectivity index (χ2v) is 14.0. The molecule has 1 saturated carbocycles. The van der Waals surface area contributed by atoms with Gasteiger partial charge >= 0.3 is 12.1 Å². The summed E-state index contributed by atoms with van der Waals surface area (Å²) in [5, 5.41) is 16.5. The van der Waals surface area contributed by atoms with Crippen molar-refractivity contribution in [1.29, 1.82) is 0 Å². The smallest absolute Gasteiger partial charge is 0.408 e. The molecule has 3 amide bonds. The first kappa shape index (κ1) is 33.1. The van der Waals surface area contributed by atoms with Crippen LogP contribution in [0.25, 0.3) is 0 Å². The van der Waals surface area contributed by atoms with Gasteiger partial charge in [0.2, 0.25) is 11.8 Å². The van der Waals surface area contributed by atoms with Crippen molar-refractivity contribution < 1.29 is 38.5 Å². The molecule has 0 aromatic rings. The predicted molar refractivity (Wildman–Crippen MR) is 152 cm³/mol. The summed E-state index contributed by atoms with van der Waals surface area (Å²) in [5.74, 6) is -1.71. The molecule has 2 aliphatic heterocycles. The third kappa shape index (κ3) is 8.80. The maximum absolute atomic E-state index is 14.3. The van der Waals surface area contributed by atoms with E-state index in [1.165, 1.54) is 7.11 Å². The fourth-order valence-corrected chi connectivity index (χ4v) is 6.33. The highest BCUT2D eigenvalue weighted by molar-refractivity contribution is 5.93. The van der Waals surface area contributed by atoms with Crippen molar-refractivity contribution in [2.45, 2.75) is 116 Å². The van der Waals surface area contributed by atoms with Crippen molar-refractivity contribution in [2.24, 2.45) is 23.2 Å². The minimum Gasteiger partial charge on any atom is -0.467 e. The number of methoxy groups -OCH3 is 1. The summed E-state index contributed by atoms with van der Waals surface area (Å²) in [5.41, 5.74) is -1.03. The van der Waals surface area contributed by atoms with Gasteiger partial charge in [0.25, 0.3) is 0 Å². The molecule has 0 spiro atoms. The number of nitrogens with one attached hydrogen (secondary N) is 2. The molecule has 1 aliphatic carbocycles. The van der Waals surface area contributed by atoms with Gasteiger partial charge in [-0.1, -0.05) is 40.0 Å². The summed E-state index contributed by atoms with van der Waals surface area (Å²) in [6, 6.07) is -2.54. The molecule has 3 rings (SSSR count). The molecular weight excluding hydrogens is 530 g/mol. The van der Waals surface area contributed by atoms with Crippen molar-refractivity contribution in [3.05, 3.63) is 0 Å². The zero-order chi connectivity index (χ0) is 30.5. The quantitative estimate of drug-likeness (QED) is 0.353. The van der Waals surface area contributed by atoms with Crippen molar-refractivity contribution in [3.8, 4) is 0 Å². The summed E-state index contributed by atoms with van der Waals surface area (Å²) < 4.78 is 15.5. The van der Waals surface area contributed by atoms with Crippen LogP contribution >= 0.6 is 0 Å². The fraction of sp³-hybridized carbons (Fsp3) is 0.867. The van der Waals surface area contributed by atoms with E-state index in [0.717, 1.165) is 32.1 Å². The Morgan fingerprint density at radius 1 is 0.976 bits per heavy atom. The number of aliphatic hydroxyl groups excluding tert-OH is 1. The highest BCUT2D eigenvalue weighted by atomic mass is 16.6. The van der Waals surface area contributed by atoms with E-state index < -0.39 is 47.8 Å². The zero-order valence-corrected chi connectivity index (χ0v) is 25.9. The van der Waals surface area contributed by atoms with Crippen LogP contribution in [-0.4, -0.2) is 90.6 Å². The maximum Gasteiger partial charge on any atom is 0.408 e. The Bertz CT molecular complexity index is 933. The van der Waals surface area contributed by atoms with Gasteiger partial charge < -0.3 is 34.9 Å². The molecule has 0 bridgehead atoms. The number of nitrogens with zero attached hydrogens (tertiary/aromatic N) is 1. The molecule has 0 radical (unpaired) electrons. The van der Waals surface area contributed by atoms with Crippen LogP contribution in [0.1, 0.15) is 86.5 Å².